The minimum absolute atomic E-state index is 0.220. The SMILES string of the molecule is OC1(O)CC=c2cccc3c2c1c1cccc2cccc3c21. The molecule has 0 amide bonds. The van der Waals surface area contributed by atoms with Gasteiger partial charge in [0.05, 0.1) is 0 Å². The van der Waals surface area contributed by atoms with E-state index in [1.807, 2.05) is 30.3 Å². The highest BCUT2D eigenvalue weighted by atomic mass is 16.5. The Labute approximate surface area is 126 Å². The first-order valence-electron chi connectivity index (χ1n) is 7.48. The molecule has 0 bridgehead atoms. The monoisotopic (exact) mass is 286 g/mol. The summed E-state index contributed by atoms with van der Waals surface area (Å²) in [5.74, 6) is -1.81. The second kappa shape index (κ2) is 3.86. The van der Waals surface area contributed by atoms with Crippen LogP contribution in [0.2, 0.25) is 0 Å². The van der Waals surface area contributed by atoms with Gasteiger partial charge in [-0.05, 0) is 37.5 Å². The van der Waals surface area contributed by atoms with E-state index in [0.29, 0.717) is 5.56 Å². The van der Waals surface area contributed by atoms with Crippen molar-refractivity contribution in [3.8, 4) is 0 Å². The third kappa shape index (κ3) is 1.36. The Kier molecular flexibility index (Phi) is 2.13. The first-order valence-corrected chi connectivity index (χ1v) is 7.48. The molecule has 0 saturated heterocycles. The highest BCUT2D eigenvalue weighted by Gasteiger charge is 2.32. The van der Waals surface area contributed by atoms with Crippen molar-refractivity contribution in [3.63, 3.8) is 0 Å². The Morgan fingerprint density at radius 1 is 0.727 bits per heavy atom. The standard InChI is InChI=1S/C20H14O2/c21-20(22)11-10-13-6-2-8-15-14-7-1-4-12-5-3-9-16(17(12)14)19(20)18(13)15/h1-10,21-22H,11H2. The molecule has 0 aliphatic heterocycles. The molecule has 0 saturated carbocycles. The minimum atomic E-state index is -1.81. The molecule has 2 heteroatoms. The molecule has 0 heterocycles. The van der Waals surface area contributed by atoms with E-state index in [9.17, 15) is 10.2 Å². The molecule has 2 N–H and O–H groups in total. The van der Waals surface area contributed by atoms with Crippen molar-refractivity contribution in [1.82, 2.24) is 0 Å². The van der Waals surface area contributed by atoms with E-state index in [-0.39, 0.29) is 6.42 Å². The van der Waals surface area contributed by atoms with Crippen LogP contribution in [-0.2, 0) is 5.79 Å². The Morgan fingerprint density at radius 2 is 1.36 bits per heavy atom. The van der Waals surface area contributed by atoms with Crippen molar-refractivity contribution in [2.45, 2.75) is 12.2 Å². The van der Waals surface area contributed by atoms with Gasteiger partial charge in [0.1, 0.15) is 0 Å². The molecule has 0 spiro atoms. The van der Waals surface area contributed by atoms with E-state index in [1.54, 1.807) is 0 Å². The lowest BCUT2D eigenvalue weighted by atomic mass is 9.83. The lowest BCUT2D eigenvalue weighted by Gasteiger charge is -2.28. The Bertz CT molecular complexity index is 1120. The highest BCUT2D eigenvalue weighted by molar-refractivity contribution is 6.23. The van der Waals surface area contributed by atoms with Crippen molar-refractivity contribution < 1.29 is 10.2 Å². The van der Waals surface area contributed by atoms with Gasteiger partial charge in [-0.1, -0.05) is 60.7 Å². The van der Waals surface area contributed by atoms with Gasteiger partial charge in [-0.2, -0.15) is 0 Å². The molecule has 4 aromatic carbocycles. The average Bonchev–Trinajstić information content (AvgIpc) is 2.53. The van der Waals surface area contributed by atoms with Gasteiger partial charge in [0.15, 0.2) is 5.79 Å². The van der Waals surface area contributed by atoms with Gasteiger partial charge in [-0.3, -0.25) is 0 Å². The summed E-state index contributed by atoms with van der Waals surface area (Å²) in [6.07, 6.45) is 2.13. The number of benzene rings is 4. The molecule has 0 atom stereocenters. The summed E-state index contributed by atoms with van der Waals surface area (Å²) in [6, 6.07) is 18.4. The zero-order valence-electron chi connectivity index (χ0n) is 11.9. The highest BCUT2D eigenvalue weighted by Crippen LogP contribution is 2.41. The number of aliphatic hydroxyl groups is 2. The van der Waals surface area contributed by atoms with Crippen LogP contribution in [0.4, 0.5) is 0 Å². The topological polar surface area (TPSA) is 40.5 Å². The number of fused-ring (bicyclic) bond motifs is 2. The molecule has 5 rings (SSSR count). The summed E-state index contributed by atoms with van der Waals surface area (Å²) >= 11 is 0. The smallest absolute Gasteiger partial charge is 0.194 e. The maximum atomic E-state index is 10.6. The number of hydrogen-bond acceptors (Lipinski definition) is 2. The van der Waals surface area contributed by atoms with Crippen molar-refractivity contribution in [3.05, 3.63) is 65.4 Å². The van der Waals surface area contributed by atoms with Gasteiger partial charge >= 0.3 is 0 Å². The Balaban J connectivity index is 2.25. The first kappa shape index (κ1) is 12.2. The van der Waals surface area contributed by atoms with Crippen LogP contribution in [0, 0.1) is 0 Å². The molecule has 106 valence electrons. The van der Waals surface area contributed by atoms with E-state index in [4.69, 9.17) is 0 Å². The van der Waals surface area contributed by atoms with Gasteiger partial charge in [0.25, 0.3) is 0 Å². The average molecular weight is 286 g/mol. The quantitative estimate of drug-likeness (QED) is 0.296. The van der Waals surface area contributed by atoms with Crippen LogP contribution in [0.5, 0.6) is 0 Å². The number of hydrogen-bond donors (Lipinski definition) is 2. The van der Waals surface area contributed by atoms with Crippen LogP contribution < -0.4 is 5.22 Å². The van der Waals surface area contributed by atoms with Crippen LogP contribution in [0.15, 0.2) is 54.6 Å². The van der Waals surface area contributed by atoms with Crippen LogP contribution in [-0.4, -0.2) is 10.2 Å². The van der Waals surface area contributed by atoms with Crippen molar-refractivity contribution in [1.29, 1.82) is 0 Å². The van der Waals surface area contributed by atoms with Crippen LogP contribution in [0.1, 0.15) is 12.0 Å². The summed E-state index contributed by atoms with van der Waals surface area (Å²) < 4.78 is 0. The zero-order chi connectivity index (χ0) is 14.9. The van der Waals surface area contributed by atoms with Crippen LogP contribution >= 0.6 is 0 Å². The van der Waals surface area contributed by atoms with E-state index in [1.165, 1.54) is 5.39 Å². The molecule has 0 unspecified atom stereocenters. The van der Waals surface area contributed by atoms with Crippen molar-refractivity contribution in [2.75, 3.05) is 0 Å². The summed E-state index contributed by atoms with van der Waals surface area (Å²) in [6.45, 7) is 0. The van der Waals surface area contributed by atoms with E-state index < -0.39 is 5.79 Å². The van der Waals surface area contributed by atoms with E-state index >= 15 is 0 Å². The Hall–Kier alpha value is -2.42. The maximum absolute atomic E-state index is 10.6. The fourth-order valence-corrected chi connectivity index (χ4v) is 3.92. The van der Waals surface area contributed by atoms with Gasteiger partial charge < -0.3 is 10.2 Å². The third-order valence-corrected chi connectivity index (χ3v) is 4.82. The second-order valence-corrected chi connectivity index (χ2v) is 6.08. The molecular weight excluding hydrogens is 272 g/mol. The summed E-state index contributed by atoms with van der Waals surface area (Å²) in [4.78, 5) is 0. The molecule has 4 aromatic rings. The molecule has 1 aliphatic rings. The predicted octanol–water partition coefficient (Wildman–Crippen LogP) is 3.19. The molecule has 0 aromatic heterocycles. The molecule has 0 radical (unpaired) electrons. The van der Waals surface area contributed by atoms with Crippen LogP contribution in [0.25, 0.3) is 38.4 Å². The van der Waals surface area contributed by atoms with Gasteiger partial charge in [0, 0.05) is 12.0 Å². The van der Waals surface area contributed by atoms with Gasteiger partial charge in [-0.15, -0.1) is 0 Å². The third-order valence-electron chi connectivity index (χ3n) is 4.82. The summed E-state index contributed by atoms with van der Waals surface area (Å²) in [7, 11) is 0. The fourth-order valence-electron chi connectivity index (χ4n) is 3.92. The molecule has 2 nitrogen and oxygen atoms in total. The lowest BCUT2D eigenvalue weighted by molar-refractivity contribution is -0.161. The van der Waals surface area contributed by atoms with Crippen LogP contribution in [0.3, 0.4) is 0 Å². The normalized spacial score (nSPS) is 16.3. The number of rotatable bonds is 0. The summed E-state index contributed by atoms with van der Waals surface area (Å²) in [5.41, 5.74) is 0.643. The zero-order valence-corrected chi connectivity index (χ0v) is 11.9. The van der Waals surface area contributed by atoms with Crippen molar-refractivity contribution in [2.24, 2.45) is 0 Å². The van der Waals surface area contributed by atoms with Gasteiger partial charge in [-0.25, -0.2) is 0 Å². The Morgan fingerprint density at radius 3 is 2.14 bits per heavy atom. The summed E-state index contributed by atoms with van der Waals surface area (Å²) in [5, 5.41) is 28.7. The molecule has 22 heavy (non-hydrogen) atoms. The van der Waals surface area contributed by atoms with Crippen molar-refractivity contribution >= 4 is 38.4 Å². The second-order valence-electron chi connectivity index (χ2n) is 6.08. The fraction of sp³-hybridized carbons (Fsp3) is 0.100. The molecule has 0 fully saturated rings. The molecular formula is C20H14O2. The first-order chi connectivity index (χ1) is 10.7. The van der Waals surface area contributed by atoms with Gasteiger partial charge in [0.2, 0.25) is 0 Å². The molecule has 1 aliphatic carbocycles. The maximum Gasteiger partial charge on any atom is 0.194 e. The largest absolute Gasteiger partial charge is 0.362 e. The lowest BCUT2D eigenvalue weighted by Crippen LogP contribution is -2.30. The van der Waals surface area contributed by atoms with E-state index in [2.05, 4.69) is 30.3 Å². The minimum Gasteiger partial charge on any atom is -0.362 e. The predicted molar refractivity (Wildman–Crippen MR) is 89.4 cm³/mol. The van der Waals surface area contributed by atoms with E-state index in [0.717, 1.165) is 32.1 Å².